The van der Waals surface area contributed by atoms with E-state index >= 15 is 0 Å². The minimum Gasteiger partial charge on any atom is -0.486 e. The highest BCUT2D eigenvalue weighted by Gasteiger charge is 2.13. The van der Waals surface area contributed by atoms with Gasteiger partial charge in [0.1, 0.15) is 18.1 Å². The molecule has 0 radical (unpaired) electrons. The summed E-state index contributed by atoms with van der Waals surface area (Å²) in [6, 6.07) is 26.1. The van der Waals surface area contributed by atoms with E-state index in [9.17, 15) is 9.59 Å². The third-order valence-corrected chi connectivity index (χ3v) is 5.32. The monoisotopic (exact) mass is 466 g/mol. The molecule has 5 rings (SSSR count). The standard InChI is InChI=1S/C27H22N4O4/c32-26(30-21-7-9-22(10-8-21)31-15-3-14-29-31)17-28-27(33)25-13-12-24(35-25)18-34-23-11-6-19-4-1-2-5-20(19)16-23/h1-16H,17-18H2,(H,28,33)(H,30,32). The Kier molecular flexibility index (Phi) is 6.25. The summed E-state index contributed by atoms with van der Waals surface area (Å²) in [4.78, 5) is 24.6. The predicted octanol–water partition coefficient (Wildman–Crippen LogP) is 4.57. The smallest absolute Gasteiger partial charge is 0.287 e. The fourth-order valence-corrected chi connectivity index (χ4v) is 3.56. The van der Waals surface area contributed by atoms with Crippen LogP contribution >= 0.6 is 0 Å². The molecule has 0 aliphatic rings. The second-order valence-electron chi connectivity index (χ2n) is 7.79. The molecule has 0 fully saturated rings. The zero-order valence-electron chi connectivity index (χ0n) is 18.7. The Balaban J connectivity index is 1.10. The van der Waals surface area contributed by atoms with Crippen molar-refractivity contribution in [1.82, 2.24) is 15.1 Å². The number of hydrogen-bond donors (Lipinski definition) is 2. The maximum Gasteiger partial charge on any atom is 0.287 e. The SMILES string of the molecule is O=C(CNC(=O)c1ccc(COc2ccc3ccccc3c2)o1)Nc1ccc(-n2cccn2)cc1. The maximum absolute atomic E-state index is 12.4. The molecule has 8 nitrogen and oxygen atoms in total. The first-order chi connectivity index (χ1) is 17.1. The number of nitrogens with zero attached hydrogens (tertiary/aromatic N) is 2. The number of aromatic nitrogens is 2. The number of carbonyl (C=O) groups excluding carboxylic acids is 2. The molecule has 0 unspecified atom stereocenters. The molecular weight excluding hydrogens is 444 g/mol. The van der Waals surface area contributed by atoms with E-state index in [4.69, 9.17) is 9.15 Å². The lowest BCUT2D eigenvalue weighted by Crippen LogP contribution is -2.32. The number of carbonyl (C=O) groups is 2. The Labute approximate surface area is 201 Å². The van der Waals surface area contributed by atoms with Gasteiger partial charge in [-0.2, -0.15) is 5.10 Å². The normalized spacial score (nSPS) is 10.7. The van der Waals surface area contributed by atoms with Crippen LogP contribution in [0.2, 0.25) is 0 Å². The predicted molar refractivity (Wildman–Crippen MR) is 132 cm³/mol. The van der Waals surface area contributed by atoms with Crippen LogP contribution in [0.4, 0.5) is 5.69 Å². The van der Waals surface area contributed by atoms with Gasteiger partial charge >= 0.3 is 0 Å². The van der Waals surface area contributed by atoms with Crippen molar-refractivity contribution in [3.05, 3.63) is 109 Å². The van der Waals surface area contributed by atoms with E-state index in [1.165, 1.54) is 0 Å². The van der Waals surface area contributed by atoms with Gasteiger partial charge in [0.05, 0.1) is 12.2 Å². The van der Waals surface area contributed by atoms with E-state index in [0.29, 0.717) is 17.2 Å². The van der Waals surface area contributed by atoms with Crippen molar-refractivity contribution in [2.24, 2.45) is 0 Å². The molecule has 8 heteroatoms. The topological polar surface area (TPSA) is 98.4 Å². The Morgan fingerprint density at radius 3 is 2.54 bits per heavy atom. The number of nitrogens with one attached hydrogen (secondary N) is 2. The van der Waals surface area contributed by atoms with E-state index in [1.807, 2.05) is 66.9 Å². The van der Waals surface area contributed by atoms with E-state index < -0.39 is 5.91 Å². The first-order valence-electron chi connectivity index (χ1n) is 11.0. The van der Waals surface area contributed by atoms with E-state index in [0.717, 1.165) is 16.5 Å². The minimum atomic E-state index is -0.480. The van der Waals surface area contributed by atoms with Gasteiger partial charge in [-0.1, -0.05) is 30.3 Å². The van der Waals surface area contributed by atoms with Crippen molar-refractivity contribution in [2.45, 2.75) is 6.61 Å². The summed E-state index contributed by atoms with van der Waals surface area (Å²) in [7, 11) is 0. The molecule has 0 spiro atoms. The summed E-state index contributed by atoms with van der Waals surface area (Å²) in [6.07, 6.45) is 3.52. The summed E-state index contributed by atoms with van der Waals surface area (Å²) in [5.74, 6) is 0.492. The zero-order chi connectivity index (χ0) is 24.0. The van der Waals surface area contributed by atoms with Gasteiger partial charge in [0.2, 0.25) is 5.91 Å². The van der Waals surface area contributed by atoms with Gasteiger partial charge in [-0.05, 0) is 65.4 Å². The highest BCUT2D eigenvalue weighted by molar-refractivity contribution is 5.98. The highest BCUT2D eigenvalue weighted by atomic mass is 16.5. The van der Waals surface area contributed by atoms with Crippen LogP contribution in [0.1, 0.15) is 16.3 Å². The molecule has 3 aromatic carbocycles. The molecule has 2 heterocycles. The van der Waals surface area contributed by atoms with Gasteiger partial charge in [0.25, 0.3) is 5.91 Å². The maximum atomic E-state index is 12.4. The molecule has 0 atom stereocenters. The molecule has 2 aromatic heterocycles. The lowest BCUT2D eigenvalue weighted by Gasteiger charge is -2.08. The molecule has 0 bridgehead atoms. The molecule has 2 amide bonds. The number of anilines is 1. The van der Waals surface area contributed by atoms with Crippen LogP contribution in [-0.4, -0.2) is 28.1 Å². The summed E-state index contributed by atoms with van der Waals surface area (Å²) in [5, 5.41) is 11.7. The van der Waals surface area contributed by atoms with Crippen LogP contribution in [0, 0.1) is 0 Å². The molecule has 0 saturated heterocycles. The number of hydrogen-bond acceptors (Lipinski definition) is 5. The average Bonchev–Trinajstić information content (AvgIpc) is 3.59. The molecule has 0 aliphatic carbocycles. The fourth-order valence-electron chi connectivity index (χ4n) is 3.56. The highest BCUT2D eigenvalue weighted by Crippen LogP contribution is 2.22. The van der Waals surface area contributed by atoms with Gasteiger partial charge < -0.3 is 19.8 Å². The van der Waals surface area contributed by atoms with Crippen LogP contribution in [0.5, 0.6) is 5.75 Å². The summed E-state index contributed by atoms with van der Waals surface area (Å²) in [6.45, 7) is -0.00992. The fraction of sp³-hybridized carbons (Fsp3) is 0.0741. The number of rotatable bonds is 8. The van der Waals surface area contributed by atoms with Crippen LogP contribution in [0.3, 0.4) is 0 Å². The van der Waals surface area contributed by atoms with Gasteiger partial charge in [-0.3, -0.25) is 9.59 Å². The van der Waals surface area contributed by atoms with Crippen LogP contribution in [0.25, 0.3) is 16.5 Å². The molecule has 0 aliphatic heterocycles. The first kappa shape index (κ1) is 22.0. The van der Waals surface area contributed by atoms with Crippen LogP contribution in [0.15, 0.2) is 102 Å². The van der Waals surface area contributed by atoms with Crippen LogP contribution < -0.4 is 15.4 Å². The Morgan fingerprint density at radius 1 is 0.914 bits per heavy atom. The molecule has 174 valence electrons. The van der Waals surface area contributed by atoms with Crippen LogP contribution in [-0.2, 0) is 11.4 Å². The van der Waals surface area contributed by atoms with Gasteiger partial charge in [-0.25, -0.2) is 4.68 Å². The van der Waals surface area contributed by atoms with Gasteiger partial charge in [0.15, 0.2) is 5.76 Å². The van der Waals surface area contributed by atoms with Gasteiger partial charge in [0, 0.05) is 18.1 Å². The van der Waals surface area contributed by atoms with Crippen molar-refractivity contribution in [3.63, 3.8) is 0 Å². The summed E-state index contributed by atoms with van der Waals surface area (Å²) in [5.41, 5.74) is 1.49. The van der Waals surface area contributed by atoms with Crippen molar-refractivity contribution >= 4 is 28.3 Å². The van der Waals surface area contributed by atoms with Crippen molar-refractivity contribution in [1.29, 1.82) is 0 Å². The van der Waals surface area contributed by atoms with Crippen molar-refractivity contribution in [3.8, 4) is 11.4 Å². The Morgan fingerprint density at radius 2 is 1.74 bits per heavy atom. The molecule has 0 saturated carbocycles. The third kappa shape index (κ3) is 5.39. The minimum absolute atomic E-state index is 0.110. The van der Waals surface area contributed by atoms with Gasteiger partial charge in [-0.15, -0.1) is 0 Å². The van der Waals surface area contributed by atoms with Crippen molar-refractivity contribution in [2.75, 3.05) is 11.9 Å². The number of benzene rings is 3. The number of fused-ring (bicyclic) bond motifs is 1. The zero-order valence-corrected chi connectivity index (χ0v) is 18.7. The van der Waals surface area contributed by atoms with Crippen molar-refractivity contribution < 1.29 is 18.7 Å². The number of amides is 2. The Bertz CT molecular complexity index is 1460. The molecule has 35 heavy (non-hydrogen) atoms. The number of furan rings is 1. The molecular formula is C27H22N4O4. The van der Waals surface area contributed by atoms with E-state index in [1.54, 1.807) is 35.1 Å². The average molecular weight is 466 g/mol. The summed E-state index contributed by atoms with van der Waals surface area (Å²) < 4.78 is 13.1. The first-order valence-corrected chi connectivity index (χ1v) is 11.0. The quantitative estimate of drug-likeness (QED) is 0.349. The van der Waals surface area contributed by atoms with E-state index in [-0.39, 0.29) is 24.8 Å². The van der Waals surface area contributed by atoms with E-state index in [2.05, 4.69) is 15.7 Å². The lowest BCUT2D eigenvalue weighted by molar-refractivity contribution is -0.115. The summed E-state index contributed by atoms with van der Waals surface area (Å²) >= 11 is 0. The molecule has 5 aromatic rings. The second-order valence-corrected chi connectivity index (χ2v) is 7.79. The number of ether oxygens (including phenoxy) is 1. The largest absolute Gasteiger partial charge is 0.486 e. The Hall–Kier alpha value is -4.85. The lowest BCUT2D eigenvalue weighted by atomic mass is 10.1. The third-order valence-electron chi connectivity index (χ3n) is 5.32. The second kappa shape index (κ2) is 9.96. The molecule has 2 N–H and O–H groups in total.